The van der Waals surface area contributed by atoms with Gasteiger partial charge in [-0.2, -0.15) is 5.10 Å². The predicted octanol–water partition coefficient (Wildman–Crippen LogP) is 4.90. The maximum absolute atomic E-state index is 12.6. The van der Waals surface area contributed by atoms with E-state index >= 15 is 0 Å². The van der Waals surface area contributed by atoms with E-state index in [1.807, 2.05) is 38.2 Å². The van der Waals surface area contributed by atoms with Gasteiger partial charge in [-0.05, 0) is 63.3 Å². The van der Waals surface area contributed by atoms with Crippen LogP contribution < -0.4 is 24.8 Å². The smallest absolute Gasteiger partial charge is 0.258 e. The van der Waals surface area contributed by atoms with Gasteiger partial charge in [0.25, 0.3) is 5.91 Å². The van der Waals surface area contributed by atoms with E-state index in [0.717, 1.165) is 53.8 Å². The summed E-state index contributed by atoms with van der Waals surface area (Å²) in [6.45, 7) is 4.31. The minimum Gasteiger partial charge on any atom is -0.496 e. The van der Waals surface area contributed by atoms with Gasteiger partial charge in [0.1, 0.15) is 22.8 Å². The molecule has 5 rings (SSSR count). The molecule has 10 nitrogen and oxygen atoms in total. The molecule has 4 aromatic rings. The van der Waals surface area contributed by atoms with Crippen molar-refractivity contribution < 1.29 is 24.1 Å². The topological polar surface area (TPSA) is 119 Å². The second kappa shape index (κ2) is 11.8. The molecule has 0 atom stereocenters. The summed E-state index contributed by atoms with van der Waals surface area (Å²) in [5, 5.41) is 20.6. The van der Waals surface area contributed by atoms with Crippen molar-refractivity contribution in [3.8, 4) is 28.4 Å². The van der Waals surface area contributed by atoms with Crippen LogP contribution in [-0.2, 0) is 0 Å². The summed E-state index contributed by atoms with van der Waals surface area (Å²) in [5.41, 5.74) is 4.75. The highest BCUT2D eigenvalue weighted by atomic mass is 16.5. The quantitative estimate of drug-likeness (QED) is 0.272. The van der Waals surface area contributed by atoms with Gasteiger partial charge >= 0.3 is 0 Å². The standard InChI is InChI=1S/C30H35N5O5/c1-5-31-30(37)29-25(38-3)14-20(15-26(29)39-4)33-28-16-21-13-19(10-11-35(21)34-28)24-12-18(2)32-17-27(24)40-23-8-6-22(36)7-9-23/h10-17,22-23,36H,5-9H2,1-4H3,(H,31,37)(H,33,34). The number of nitrogens with zero attached hydrogens (tertiary/aromatic N) is 3. The third-order valence-corrected chi connectivity index (χ3v) is 7.06. The van der Waals surface area contributed by atoms with Crippen LogP contribution in [0.5, 0.6) is 17.2 Å². The third kappa shape index (κ3) is 5.81. The van der Waals surface area contributed by atoms with Gasteiger partial charge in [0.05, 0.1) is 38.1 Å². The second-order valence-electron chi connectivity index (χ2n) is 9.92. The van der Waals surface area contributed by atoms with Gasteiger partial charge in [-0.25, -0.2) is 4.52 Å². The Morgan fingerprint density at radius 3 is 2.45 bits per heavy atom. The molecule has 0 unspecified atom stereocenters. The van der Waals surface area contributed by atoms with E-state index in [4.69, 9.17) is 14.2 Å². The number of anilines is 2. The summed E-state index contributed by atoms with van der Waals surface area (Å²) in [6, 6.07) is 11.5. The highest BCUT2D eigenvalue weighted by molar-refractivity contribution is 6.00. The van der Waals surface area contributed by atoms with Gasteiger partial charge in [-0.1, -0.05) is 0 Å². The van der Waals surface area contributed by atoms with Crippen LogP contribution in [0.2, 0.25) is 0 Å². The first kappa shape index (κ1) is 27.3. The maximum atomic E-state index is 12.6. The zero-order chi connectivity index (χ0) is 28.2. The van der Waals surface area contributed by atoms with Crippen LogP contribution in [0.1, 0.15) is 48.7 Å². The Morgan fingerprint density at radius 1 is 1.05 bits per heavy atom. The van der Waals surface area contributed by atoms with Crippen molar-refractivity contribution in [1.82, 2.24) is 19.9 Å². The van der Waals surface area contributed by atoms with E-state index in [1.54, 1.807) is 22.8 Å². The normalized spacial score (nSPS) is 16.9. The molecule has 0 radical (unpaired) electrons. The predicted molar refractivity (Wildman–Crippen MR) is 153 cm³/mol. The first-order valence-electron chi connectivity index (χ1n) is 13.5. The van der Waals surface area contributed by atoms with Gasteiger partial charge in [-0.3, -0.25) is 9.78 Å². The molecule has 1 fully saturated rings. The summed E-state index contributed by atoms with van der Waals surface area (Å²) >= 11 is 0. The lowest BCUT2D eigenvalue weighted by molar-refractivity contribution is 0.0667. The molecule has 1 aliphatic carbocycles. The van der Waals surface area contributed by atoms with Gasteiger partial charge in [0.2, 0.25) is 0 Å². The summed E-state index contributed by atoms with van der Waals surface area (Å²) in [6.07, 6.45) is 6.68. The Morgan fingerprint density at radius 2 is 1.77 bits per heavy atom. The fourth-order valence-corrected chi connectivity index (χ4v) is 5.04. The fraction of sp³-hybridized carbons (Fsp3) is 0.367. The molecule has 0 saturated heterocycles. The number of aryl methyl sites for hydroxylation is 1. The van der Waals surface area contributed by atoms with Crippen LogP contribution in [0.3, 0.4) is 0 Å². The number of fused-ring (bicyclic) bond motifs is 1. The van der Waals surface area contributed by atoms with Crippen LogP contribution in [0.25, 0.3) is 16.6 Å². The number of aliphatic hydroxyl groups excluding tert-OH is 1. The molecule has 1 saturated carbocycles. The number of amides is 1. The van der Waals surface area contributed by atoms with E-state index in [0.29, 0.717) is 35.1 Å². The average molecular weight is 546 g/mol. The zero-order valence-electron chi connectivity index (χ0n) is 23.2. The molecular weight excluding hydrogens is 510 g/mol. The van der Waals surface area contributed by atoms with Crippen LogP contribution in [0, 0.1) is 6.92 Å². The molecule has 0 spiro atoms. The highest BCUT2D eigenvalue weighted by Crippen LogP contribution is 2.36. The first-order valence-corrected chi connectivity index (χ1v) is 13.5. The van der Waals surface area contributed by atoms with Crippen molar-refractivity contribution in [2.75, 3.05) is 26.1 Å². The second-order valence-corrected chi connectivity index (χ2v) is 9.92. The molecule has 10 heteroatoms. The Hall–Kier alpha value is -4.31. The summed E-state index contributed by atoms with van der Waals surface area (Å²) in [4.78, 5) is 17.0. The molecule has 1 aromatic carbocycles. The van der Waals surface area contributed by atoms with Gasteiger partial charge in [0, 0.05) is 47.9 Å². The maximum Gasteiger partial charge on any atom is 0.258 e. The molecule has 1 aliphatic rings. The molecule has 3 heterocycles. The Labute approximate surface area is 233 Å². The van der Waals surface area contributed by atoms with Gasteiger partial charge in [-0.15, -0.1) is 0 Å². The number of benzene rings is 1. The molecule has 0 aliphatic heterocycles. The van der Waals surface area contributed by atoms with E-state index in [9.17, 15) is 9.90 Å². The van der Waals surface area contributed by atoms with E-state index in [2.05, 4.69) is 26.8 Å². The van der Waals surface area contributed by atoms with Crippen molar-refractivity contribution in [3.63, 3.8) is 0 Å². The minimum absolute atomic E-state index is 0.0644. The van der Waals surface area contributed by atoms with Crippen LogP contribution >= 0.6 is 0 Å². The zero-order valence-corrected chi connectivity index (χ0v) is 23.2. The summed E-state index contributed by atoms with van der Waals surface area (Å²) in [5.74, 6) is 1.88. The van der Waals surface area contributed by atoms with Crippen LogP contribution in [0.15, 0.2) is 48.8 Å². The Bertz CT molecular complexity index is 1480. The number of aliphatic hydroxyl groups is 1. The van der Waals surface area contributed by atoms with E-state index in [-0.39, 0.29) is 18.1 Å². The first-order chi connectivity index (χ1) is 19.4. The number of ether oxygens (including phenoxy) is 3. The van der Waals surface area contributed by atoms with Crippen LogP contribution in [0.4, 0.5) is 11.5 Å². The van der Waals surface area contributed by atoms with Crippen molar-refractivity contribution in [3.05, 3.63) is 60.0 Å². The van der Waals surface area contributed by atoms with Gasteiger partial charge in [0.15, 0.2) is 5.82 Å². The molecule has 0 bridgehead atoms. The number of hydrogen-bond acceptors (Lipinski definition) is 8. The van der Waals surface area contributed by atoms with Gasteiger partial charge < -0.3 is 30.0 Å². The number of pyridine rings is 2. The number of aromatic nitrogens is 3. The van der Waals surface area contributed by atoms with E-state index < -0.39 is 0 Å². The fourth-order valence-electron chi connectivity index (χ4n) is 5.04. The minimum atomic E-state index is -0.265. The number of nitrogens with one attached hydrogen (secondary N) is 2. The SMILES string of the molecule is CCNC(=O)c1c(OC)cc(Nc2cc3cc(-c4cc(C)ncc4OC4CCC(O)CC4)ccn3n2)cc1OC. The summed E-state index contributed by atoms with van der Waals surface area (Å²) in [7, 11) is 3.04. The number of rotatable bonds is 9. The Kier molecular flexibility index (Phi) is 8.06. The lowest BCUT2D eigenvalue weighted by atomic mass is 9.95. The third-order valence-electron chi connectivity index (χ3n) is 7.06. The van der Waals surface area contributed by atoms with Crippen molar-refractivity contribution in [2.24, 2.45) is 0 Å². The van der Waals surface area contributed by atoms with Crippen LogP contribution in [-0.4, -0.2) is 58.6 Å². The molecule has 3 aromatic heterocycles. The lowest BCUT2D eigenvalue weighted by Crippen LogP contribution is -2.26. The number of carbonyl (C=O) groups excluding carboxylic acids is 1. The molecule has 1 amide bonds. The molecule has 210 valence electrons. The molecular formula is C30H35N5O5. The number of methoxy groups -OCH3 is 2. The van der Waals surface area contributed by atoms with Crippen molar-refractivity contribution in [1.29, 1.82) is 0 Å². The highest BCUT2D eigenvalue weighted by Gasteiger charge is 2.23. The monoisotopic (exact) mass is 545 g/mol. The average Bonchev–Trinajstić information content (AvgIpc) is 3.36. The number of carbonyl (C=O) groups is 1. The van der Waals surface area contributed by atoms with E-state index in [1.165, 1.54) is 14.2 Å². The molecule has 3 N–H and O–H groups in total. The Balaban J connectivity index is 1.42. The largest absolute Gasteiger partial charge is 0.496 e. The van der Waals surface area contributed by atoms with Crippen molar-refractivity contribution >= 4 is 22.9 Å². The summed E-state index contributed by atoms with van der Waals surface area (Å²) < 4.78 is 19.2. The lowest BCUT2D eigenvalue weighted by Gasteiger charge is -2.27. The number of hydrogen-bond donors (Lipinski definition) is 3. The molecule has 40 heavy (non-hydrogen) atoms. The van der Waals surface area contributed by atoms with Crippen molar-refractivity contribution in [2.45, 2.75) is 51.7 Å².